The van der Waals surface area contributed by atoms with Gasteiger partial charge in [-0.25, -0.2) is 18.4 Å². The molecule has 1 aromatic carbocycles. The monoisotopic (exact) mass is 384 g/mol. The maximum absolute atomic E-state index is 13.2. The van der Waals surface area contributed by atoms with Gasteiger partial charge in [0, 0.05) is 36.6 Å². The Balaban J connectivity index is 1.53. The summed E-state index contributed by atoms with van der Waals surface area (Å²) in [6.07, 6.45) is 4.34. The second-order valence-electron chi connectivity index (χ2n) is 6.53. The topological polar surface area (TPSA) is 85.3 Å². The van der Waals surface area contributed by atoms with Crippen LogP contribution in [0.1, 0.15) is 18.5 Å². The second kappa shape index (κ2) is 7.21. The van der Waals surface area contributed by atoms with Crippen molar-refractivity contribution in [3.63, 3.8) is 0 Å². The quantitative estimate of drug-likeness (QED) is 0.687. The van der Waals surface area contributed by atoms with Gasteiger partial charge >= 0.3 is 6.01 Å². The number of para-hydroxylation sites is 1. The number of piperidine rings is 1. The van der Waals surface area contributed by atoms with Gasteiger partial charge in [0.25, 0.3) is 0 Å². The van der Waals surface area contributed by atoms with Crippen molar-refractivity contribution < 1.29 is 13.2 Å². The molecule has 0 radical (unpaired) electrons. The molecule has 1 saturated heterocycles. The Labute approximate surface area is 158 Å². The Morgan fingerprint density at radius 2 is 1.78 bits per heavy atom. The van der Waals surface area contributed by atoms with Gasteiger partial charge in [-0.3, -0.25) is 4.98 Å². The smallest absolute Gasteiger partial charge is 0.316 e. The summed E-state index contributed by atoms with van der Waals surface area (Å²) in [4.78, 5) is 12.8. The van der Waals surface area contributed by atoms with Crippen LogP contribution in [-0.4, -0.2) is 46.9 Å². The largest absolute Gasteiger partial charge is 0.460 e. The first-order chi connectivity index (χ1) is 13.0. The molecule has 1 aliphatic heterocycles. The molecule has 3 heterocycles. The maximum atomic E-state index is 13.2. The highest BCUT2D eigenvalue weighted by molar-refractivity contribution is 7.89. The fourth-order valence-electron chi connectivity index (χ4n) is 3.25. The summed E-state index contributed by atoms with van der Waals surface area (Å²) in [7, 11) is -3.62. The lowest BCUT2D eigenvalue weighted by atomic mass is 10.1. The molecule has 1 fully saturated rings. The number of nitrogens with zero attached hydrogens (tertiary/aromatic N) is 4. The van der Waals surface area contributed by atoms with Crippen molar-refractivity contribution in [3.05, 3.63) is 54.5 Å². The van der Waals surface area contributed by atoms with E-state index in [2.05, 4.69) is 15.0 Å². The van der Waals surface area contributed by atoms with E-state index in [1.165, 1.54) is 4.31 Å². The van der Waals surface area contributed by atoms with E-state index in [1.807, 2.05) is 25.1 Å². The van der Waals surface area contributed by atoms with Crippen LogP contribution >= 0.6 is 0 Å². The zero-order valence-electron chi connectivity index (χ0n) is 14.9. The number of hydrogen-bond donors (Lipinski definition) is 0. The van der Waals surface area contributed by atoms with Gasteiger partial charge < -0.3 is 4.74 Å². The molecule has 0 atom stereocenters. The van der Waals surface area contributed by atoms with E-state index in [0.29, 0.717) is 37.5 Å². The van der Waals surface area contributed by atoms with Crippen molar-refractivity contribution in [2.75, 3.05) is 13.1 Å². The summed E-state index contributed by atoms with van der Waals surface area (Å²) < 4.78 is 33.7. The molecule has 0 spiro atoms. The van der Waals surface area contributed by atoms with Crippen molar-refractivity contribution in [2.45, 2.75) is 30.8 Å². The standard InChI is InChI=1S/C19H20N4O3S/c1-14-6-7-15-4-2-5-17(18(15)22-14)27(24,25)23-12-8-16(9-13-23)26-19-20-10-3-11-21-19/h2-7,10-11,16H,8-9,12-13H2,1H3. The second-order valence-corrected chi connectivity index (χ2v) is 8.44. The normalized spacial score (nSPS) is 16.5. The van der Waals surface area contributed by atoms with Crippen molar-refractivity contribution in [1.82, 2.24) is 19.3 Å². The van der Waals surface area contributed by atoms with Crippen molar-refractivity contribution >= 4 is 20.9 Å². The van der Waals surface area contributed by atoms with Crippen LogP contribution in [-0.2, 0) is 10.0 Å². The Hall–Kier alpha value is -2.58. The Morgan fingerprint density at radius 3 is 2.52 bits per heavy atom. The van der Waals surface area contributed by atoms with E-state index in [-0.39, 0.29) is 11.0 Å². The molecular formula is C19H20N4O3S. The number of pyridine rings is 1. The summed E-state index contributed by atoms with van der Waals surface area (Å²) in [6.45, 7) is 2.64. The summed E-state index contributed by atoms with van der Waals surface area (Å²) in [5.74, 6) is 0. The van der Waals surface area contributed by atoms with Crippen molar-refractivity contribution in [3.8, 4) is 6.01 Å². The summed E-state index contributed by atoms with van der Waals surface area (Å²) >= 11 is 0. The molecular weight excluding hydrogens is 364 g/mol. The minimum absolute atomic E-state index is 0.0910. The van der Waals surface area contributed by atoms with E-state index in [0.717, 1.165) is 11.1 Å². The Bertz CT molecular complexity index is 1050. The molecule has 3 aromatic rings. The molecule has 0 aliphatic carbocycles. The highest BCUT2D eigenvalue weighted by atomic mass is 32.2. The third-order valence-electron chi connectivity index (χ3n) is 4.66. The SMILES string of the molecule is Cc1ccc2cccc(S(=O)(=O)N3CCC(Oc4ncccn4)CC3)c2n1. The molecule has 2 aromatic heterocycles. The van der Waals surface area contributed by atoms with E-state index < -0.39 is 10.0 Å². The van der Waals surface area contributed by atoms with Crippen LogP contribution in [0.25, 0.3) is 10.9 Å². The Morgan fingerprint density at radius 1 is 1.04 bits per heavy atom. The van der Waals surface area contributed by atoms with E-state index in [1.54, 1.807) is 30.6 Å². The van der Waals surface area contributed by atoms with Gasteiger partial charge in [0.05, 0.1) is 5.52 Å². The fraction of sp³-hybridized carbons (Fsp3) is 0.316. The van der Waals surface area contributed by atoms with Gasteiger partial charge in [0.2, 0.25) is 10.0 Å². The number of ether oxygens (including phenoxy) is 1. The molecule has 0 amide bonds. The average molecular weight is 384 g/mol. The van der Waals surface area contributed by atoms with Crippen molar-refractivity contribution in [1.29, 1.82) is 0 Å². The lowest BCUT2D eigenvalue weighted by Crippen LogP contribution is -2.41. The van der Waals surface area contributed by atoms with Gasteiger partial charge in [0.1, 0.15) is 11.0 Å². The van der Waals surface area contributed by atoms with Gasteiger partial charge in [-0.2, -0.15) is 4.31 Å². The summed E-state index contributed by atoms with van der Waals surface area (Å²) in [6, 6.07) is 11.1. The Kier molecular flexibility index (Phi) is 4.75. The lowest BCUT2D eigenvalue weighted by molar-refractivity contribution is 0.124. The van der Waals surface area contributed by atoms with Gasteiger partial charge in [-0.05, 0) is 38.0 Å². The molecule has 8 heteroatoms. The van der Waals surface area contributed by atoms with Crippen LogP contribution in [0.2, 0.25) is 0 Å². The predicted octanol–water partition coefficient (Wildman–Crippen LogP) is 2.57. The molecule has 140 valence electrons. The van der Waals surface area contributed by atoms with Crippen LogP contribution in [0, 0.1) is 6.92 Å². The van der Waals surface area contributed by atoms with Gasteiger partial charge in [0.15, 0.2) is 0 Å². The average Bonchev–Trinajstić information content (AvgIpc) is 2.68. The van der Waals surface area contributed by atoms with Gasteiger partial charge in [-0.15, -0.1) is 0 Å². The highest BCUT2D eigenvalue weighted by Gasteiger charge is 2.31. The number of rotatable bonds is 4. The van der Waals surface area contributed by atoms with Crippen LogP contribution in [0.3, 0.4) is 0 Å². The van der Waals surface area contributed by atoms with Crippen LogP contribution in [0.4, 0.5) is 0 Å². The molecule has 0 bridgehead atoms. The third kappa shape index (κ3) is 3.63. The van der Waals surface area contributed by atoms with Crippen LogP contribution < -0.4 is 4.74 Å². The minimum atomic E-state index is -3.62. The van der Waals surface area contributed by atoms with Crippen molar-refractivity contribution in [2.24, 2.45) is 0 Å². The molecule has 7 nitrogen and oxygen atoms in total. The number of aromatic nitrogens is 3. The molecule has 27 heavy (non-hydrogen) atoms. The molecule has 4 rings (SSSR count). The number of aryl methyl sites for hydroxylation is 1. The molecule has 0 N–H and O–H groups in total. The zero-order chi connectivity index (χ0) is 18.9. The fourth-order valence-corrected chi connectivity index (χ4v) is 4.88. The van der Waals surface area contributed by atoms with Crippen LogP contribution in [0.15, 0.2) is 53.7 Å². The number of sulfonamides is 1. The summed E-state index contributed by atoms with van der Waals surface area (Å²) in [5, 5.41) is 0.820. The van der Waals surface area contributed by atoms with E-state index in [4.69, 9.17) is 4.74 Å². The highest BCUT2D eigenvalue weighted by Crippen LogP contribution is 2.27. The third-order valence-corrected chi connectivity index (χ3v) is 6.59. The number of benzene rings is 1. The zero-order valence-corrected chi connectivity index (χ0v) is 15.8. The molecule has 0 saturated carbocycles. The first kappa shape index (κ1) is 17.8. The minimum Gasteiger partial charge on any atom is -0.460 e. The maximum Gasteiger partial charge on any atom is 0.316 e. The number of fused-ring (bicyclic) bond motifs is 1. The number of hydrogen-bond acceptors (Lipinski definition) is 6. The van der Waals surface area contributed by atoms with E-state index >= 15 is 0 Å². The van der Waals surface area contributed by atoms with Gasteiger partial charge in [-0.1, -0.05) is 18.2 Å². The van der Waals surface area contributed by atoms with E-state index in [9.17, 15) is 8.42 Å². The lowest BCUT2D eigenvalue weighted by Gasteiger charge is -2.31. The molecule has 0 unspecified atom stereocenters. The first-order valence-corrected chi connectivity index (χ1v) is 10.3. The van der Waals surface area contributed by atoms with Crippen LogP contribution in [0.5, 0.6) is 6.01 Å². The first-order valence-electron chi connectivity index (χ1n) is 8.84. The molecule has 1 aliphatic rings. The predicted molar refractivity (Wildman–Crippen MR) is 101 cm³/mol. The summed E-state index contributed by atoms with van der Waals surface area (Å²) in [5.41, 5.74) is 1.31.